The molecule has 0 spiro atoms. The number of hydrogen-bond acceptors (Lipinski definition) is 3. The zero-order valence-electron chi connectivity index (χ0n) is 10.1. The Kier molecular flexibility index (Phi) is 3.95. The van der Waals surface area contributed by atoms with Gasteiger partial charge in [-0.15, -0.1) is 0 Å². The van der Waals surface area contributed by atoms with Crippen LogP contribution in [0.4, 0.5) is 0 Å². The average molecular weight is 284 g/mol. The molecule has 0 bridgehead atoms. The number of carboxylic acids is 1. The number of aliphatic carboxylic acids is 1. The van der Waals surface area contributed by atoms with E-state index in [1.54, 1.807) is 0 Å². The van der Waals surface area contributed by atoms with Gasteiger partial charge >= 0.3 is 5.97 Å². The smallest absolute Gasteiger partial charge is 0.308 e. The van der Waals surface area contributed by atoms with Gasteiger partial charge in [0.25, 0.3) is 5.91 Å². The fourth-order valence-electron chi connectivity index (χ4n) is 2.33. The van der Waals surface area contributed by atoms with Gasteiger partial charge in [0, 0.05) is 11.6 Å². The molecule has 19 heavy (non-hydrogen) atoms. The summed E-state index contributed by atoms with van der Waals surface area (Å²) in [5.74, 6) is -1.88. The van der Waals surface area contributed by atoms with E-state index in [2.05, 4.69) is 5.32 Å². The van der Waals surface area contributed by atoms with Crippen LogP contribution in [0.1, 0.15) is 29.6 Å². The molecule has 2 rings (SSSR count). The van der Waals surface area contributed by atoms with Gasteiger partial charge in [-0.3, -0.25) is 9.59 Å². The van der Waals surface area contributed by atoms with E-state index < -0.39 is 11.9 Å². The quantitative estimate of drug-likeness (QED) is 0.792. The molecule has 5 nitrogen and oxygen atoms in total. The van der Waals surface area contributed by atoms with Gasteiger partial charge in [-0.2, -0.15) is 0 Å². The number of phenolic OH excluding ortho intramolecular Hbond substituents is 1. The summed E-state index contributed by atoms with van der Waals surface area (Å²) in [4.78, 5) is 23.0. The lowest BCUT2D eigenvalue weighted by Crippen LogP contribution is -2.40. The Morgan fingerprint density at radius 1 is 1.32 bits per heavy atom. The van der Waals surface area contributed by atoms with Crippen molar-refractivity contribution in [2.24, 2.45) is 5.92 Å². The number of halogens is 1. The van der Waals surface area contributed by atoms with E-state index in [0.29, 0.717) is 18.4 Å². The molecule has 1 aliphatic rings. The zero-order chi connectivity index (χ0) is 14.0. The van der Waals surface area contributed by atoms with Crippen LogP contribution in [0.15, 0.2) is 18.2 Å². The van der Waals surface area contributed by atoms with Gasteiger partial charge in [-0.1, -0.05) is 18.0 Å². The molecule has 102 valence electrons. The molecule has 6 heteroatoms. The first-order valence-corrected chi connectivity index (χ1v) is 6.39. The first kappa shape index (κ1) is 13.7. The molecule has 0 aliphatic heterocycles. The highest BCUT2D eigenvalue weighted by Crippen LogP contribution is 2.27. The SMILES string of the molecule is O=C(NC1CCCC1C(=O)O)c1ccc(O)c(Cl)c1. The third-order valence-electron chi connectivity index (χ3n) is 3.36. The molecule has 2 unspecified atom stereocenters. The van der Waals surface area contributed by atoms with Gasteiger partial charge in [-0.25, -0.2) is 0 Å². The van der Waals surface area contributed by atoms with Crippen LogP contribution in [0, 0.1) is 5.92 Å². The van der Waals surface area contributed by atoms with Gasteiger partial charge in [0.2, 0.25) is 0 Å². The number of nitrogens with one attached hydrogen (secondary N) is 1. The molecule has 1 saturated carbocycles. The van der Waals surface area contributed by atoms with Crippen molar-refractivity contribution in [2.45, 2.75) is 25.3 Å². The van der Waals surface area contributed by atoms with Crippen molar-refractivity contribution in [1.82, 2.24) is 5.32 Å². The highest BCUT2D eigenvalue weighted by Gasteiger charge is 2.34. The minimum atomic E-state index is -0.883. The van der Waals surface area contributed by atoms with Crippen LogP contribution in [0.25, 0.3) is 0 Å². The van der Waals surface area contributed by atoms with Gasteiger partial charge in [-0.05, 0) is 31.0 Å². The van der Waals surface area contributed by atoms with Gasteiger partial charge in [0.05, 0.1) is 10.9 Å². The van der Waals surface area contributed by atoms with Crippen LogP contribution >= 0.6 is 11.6 Å². The van der Waals surface area contributed by atoms with Gasteiger partial charge in [0.1, 0.15) is 5.75 Å². The van der Waals surface area contributed by atoms with E-state index >= 15 is 0 Å². The Morgan fingerprint density at radius 2 is 2.05 bits per heavy atom. The predicted molar refractivity (Wildman–Crippen MR) is 69.3 cm³/mol. The average Bonchev–Trinajstić information content (AvgIpc) is 2.80. The molecule has 1 fully saturated rings. The van der Waals surface area contributed by atoms with Crippen molar-refractivity contribution in [3.8, 4) is 5.75 Å². The number of carbonyl (C=O) groups is 2. The summed E-state index contributed by atoms with van der Waals surface area (Å²) in [6.07, 6.45) is 2.03. The van der Waals surface area contributed by atoms with E-state index in [1.807, 2.05) is 0 Å². The van der Waals surface area contributed by atoms with Crippen LogP contribution < -0.4 is 5.32 Å². The molecule has 3 N–H and O–H groups in total. The molecular weight excluding hydrogens is 270 g/mol. The summed E-state index contributed by atoms with van der Waals surface area (Å²) in [5, 5.41) is 21.1. The first-order valence-electron chi connectivity index (χ1n) is 6.01. The molecular formula is C13H14ClNO4. The maximum atomic E-state index is 12.0. The lowest BCUT2D eigenvalue weighted by atomic mass is 10.0. The number of aromatic hydroxyl groups is 1. The summed E-state index contributed by atoms with van der Waals surface area (Å²) >= 11 is 5.73. The monoisotopic (exact) mass is 283 g/mol. The molecule has 0 heterocycles. The number of amides is 1. The van der Waals surface area contributed by atoms with E-state index in [4.69, 9.17) is 16.7 Å². The second-order valence-electron chi connectivity index (χ2n) is 4.62. The fraction of sp³-hybridized carbons (Fsp3) is 0.385. The van der Waals surface area contributed by atoms with Crippen LogP contribution in [0.2, 0.25) is 5.02 Å². The number of rotatable bonds is 3. The molecule has 1 aromatic rings. The minimum absolute atomic E-state index is 0.0915. The third-order valence-corrected chi connectivity index (χ3v) is 3.66. The first-order chi connectivity index (χ1) is 8.99. The summed E-state index contributed by atoms with van der Waals surface area (Å²) in [6.45, 7) is 0. The molecule has 1 aliphatic carbocycles. The molecule has 2 atom stereocenters. The number of phenols is 1. The van der Waals surface area contributed by atoms with E-state index in [-0.39, 0.29) is 22.7 Å². The molecule has 1 aromatic carbocycles. The second-order valence-corrected chi connectivity index (χ2v) is 5.03. The van der Waals surface area contributed by atoms with Crippen molar-refractivity contribution < 1.29 is 19.8 Å². The zero-order valence-corrected chi connectivity index (χ0v) is 10.9. The van der Waals surface area contributed by atoms with E-state index in [1.165, 1.54) is 18.2 Å². The van der Waals surface area contributed by atoms with Crippen LogP contribution in [-0.4, -0.2) is 28.1 Å². The number of benzene rings is 1. The predicted octanol–water partition coefficient (Wildman–Crippen LogP) is 2.03. The van der Waals surface area contributed by atoms with Crippen LogP contribution in [0.5, 0.6) is 5.75 Å². The lowest BCUT2D eigenvalue weighted by molar-refractivity contribution is -0.142. The summed E-state index contributed by atoms with van der Waals surface area (Å²) in [5.41, 5.74) is 0.304. The second kappa shape index (κ2) is 5.48. The van der Waals surface area contributed by atoms with Gasteiger partial charge < -0.3 is 15.5 Å². The van der Waals surface area contributed by atoms with E-state index in [0.717, 1.165) is 6.42 Å². The molecule has 0 saturated heterocycles. The topological polar surface area (TPSA) is 86.6 Å². The van der Waals surface area contributed by atoms with Gasteiger partial charge in [0.15, 0.2) is 0 Å². The van der Waals surface area contributed by atoms with Crippen molar-refractivity contribution in [1.29, 1.82) is 0 Å². The Morgan fingerprint density at radius 3 is 2.68 bits per heavy atom. The lowest BCUT2D eigenvalue weighted by Gasteiger charge is -2.17. The Balaban J connectivity index is 2.08. The van der Waals surface area contributed by atoms with Crippen molar-refractivity contribution in [2.75, 3.05) is 0 Å². The summed E-state index contributed by atoms with van der Waals surface area (Å²) in [7, 11) is 0. The highest BCUT2D eigenvalue weighted by atomic mass is 35.5. The van der Waals surface area contributed by atoms with Crippen molar-refractivity contribution >= 4 is 23.5 Å². The van der Waals surface area contributed by atoms with Crippen LogP contribution in [-0.2, 0) is 4.79 Å². The van der Waals surface area contributed by atoms with Crippen molar-refractivity contribution in [3.63, 3.8) is 0 Å². The molecule has 0 aromatic heterocycles. The summed E-state index contributed by atoms with van der Waals surface area (Å²) in [6, 6.07) is 3.79. The minimum Gasteiger partial charge on any atom is -0.506 e. The number of carbonyl (C=O) groups excluding carboxylic acids is 1. The fourth-order valence-corrected chi connectivity index (χ4v) is 2.51. The summed E-state index contributed by atoms with van der Waals surface area (Å²) < 4.78 is 0. The molecule has 1 amide bonds. The number of carboxylic acid groups (broad SMARTS) is 1. The maximum absolute atomic E-state index is 12.0. The normalized spacial score (nSPS) is 22.2. The highest BCUT2D eigenvalue weighted by molar-refractivity contribution is 6.32. The molecule has 0 radical (unpaired) electrons. The van der Waals surface area contributed by atoms with Crippen LogP contribution in [0.3, 0.4) is 0 Å². The van der Waals surface area contributed by atoms with E-state index in [9.17, 15) is 14.7 Å². The Bertz CT molecular complexity index is 517. The maximum Gasteiger partial charge on any atom is 0.308 e. The number of hydrogen-bond donors (Lipinski definition) is 3. The standard InChI is InChI=1S/C13H14ClNO4/c14-9-6-7(4-5-11(9)16)12(17)15-10-3-1-2-8(10)13(18)19/h4-6,8,10,16H,1-3H2,(H,15,17)(H,18,19). The Hall–Kier alpha value is -1.75. The third kappa shape index (κ3) is 2.98. The Labute approximate surface area is 115 Å². The largest absolute Gasteiger partial charge is 0.506 e. The van der Waals surface area contributed by atoms with Crippen molar-refractivity contribution in [3.05, 3.63) is 28.8 Å².